The number of anilines is 1. The van der Waals surface area contributed by atoms with Gasteiger partial charge in [-0.2, -0.15) is 5.01 Å². The Hall–Kier alpha value is -3.69. The number of carbonyl (C=O) groups excluding carboxylic acids is 3. The van der Waals surface area contributed by atoms with Crippen LogP contribution in [-0.2, 0) is 19.0 Å². The van der Waals surface area contributed by atoms with Crippen molar-refractivity contribution in [1.29, 1.82) is 0 Å². The summed E-state index contributed by atoms with van der Waals surface area (Å²) in [4.78, 5) is 37.1. The lowest BCUT2D eigenvalue weighted by atomic mass is 10.2. The Morgan fingerprint density at radius 1 is 1.10 bits per heavy atom. The molecule has 2 N–H and O–H groups in total. The number of methoxy groups -OCH3 is 1. The Labute approximate surface area is 180 Å². The summed E-state index contributed by atoms with van der Waals surface area (Å²) in [6.45, 7) is 10.5. The minimum atomic E-state index is -0.966. The van der Waals surface area contributed by atoms with Crippen LogP contribution in [0, 0.1) is 0 Å². The van der Waals surface area contributed by atoms with Crippen molar-refractivity contribution in [2.24, 2.45) is 0 Å². The molecule has 1 heterocycles. The molecule has 0 unspecified atom stereocenters. The van der Waals surface area contributed by atoms with Crippen molar-refractivity contribution in [3.8, 4) is 5.75 Å². The van der Waals surface area contributed by atoms with Crippen molar-refractivity contribution in [2.45, 2.75) is 39.9 Å². The van der Waals surface area contributed by atoms with Gasteiger partial charge in [-0.25, -0.2) is 9.59 Å². The van der Waals surface area contributed by atoms with Crippen LogP contribution in [0.15, 0.2) is 47.9 Å². The highest BCUT2D eigenvalue weighted by atomic mass is 16.7. The standard InChI is InChI=1S/C21H27N3O7/c1-12(2)29-20(26)24(23-15-7-9-16(28-6)10-8-15)14(5)18-17(11-22-19(18)25)31-21(27)30-13(3)4/h7-10,12-13,23H,5,11H2,1-4,6H3,(H,22,25). The van der Waals surface area contributed by atoms with E-state index in [9.17, 15) is 14.4 Å². The maximum absolute atomic E-state index is 12.7. The van der Waals surface area contributed by atoms with Crippen LogP contribution in [0.1, 0.15) is 27.7 Å². The Morgan fingerprint density at radius 3 is 2.26 bits per heavy atom. The normalized spacial score (nSPS) is 13.1. The minimum absolute atomic E-state index is 0.0143. The summed E-state index contributed by atoms with van der Waals surface area (Å²) in [6, 6.07) is 6.72. The molecule has 0 fully saturated rings. The molecule has 0 saturated carbocycles. The molecule has 1 aliphatic heterocycles. The Morgan fingerprint density at radius 2 is 1.71 bits per heavy atom. The maximum atomic E-state index is 12.7. The lowest BCUT2D eigenvalue weighted by Gasteiger charge is -2.26. The number of carbonyl (C=O) groups is 3. The highest BCUT2D eigenvalue weighted by molar-refractivity contribution is 6.01. The molecule has 0 aliphatic carbocycles. The van der Waals surface area contributed by atoms with E-state index in [2.05, 4.69) is 17.3 Å². The fraction of sp³-hybridized carbons (Fsp3) is 0.381. The van der Waals surface area contributed by atoms with Crippen LogP contribution in [-0.4, -0.2) is 49.0 Å². The SMILES string of the molecule is C=C(C1=C(OC(=O)OC(C)C)CNC1=O)N(Nc1ccc(OC)cc1)C(=O)OC(C)C. The monoisotopic (exact) mass is 433 g/mol. The van der Waals surface area contributed by atoms with E-state index < -0.39 is 30.4 Å². The molecule has 10 nitrogen and oxygen atoms in total. The zero-order valence-electron chi connectivity index (χ0n) is 18.2. The van der Waals surface area contributed by atoms with Gasteiger partial charge in [-0.1, -0.05) is 6.58 Å². The van der Waals surface area contributed by atoms with Gasteiger partial charge >= 0.3 is 12.2 Å². The molecule has 1 aromatic carbocycles. The van der Waals surface area contributed by atoms with Crippen molar-refractivity contribution >= 4 is 23.8 Å². The molecule has 0 radical (unpaired) electrons. The third-order valence-electron chi connectivity index (χ3n) is 3.86. The predicted octanol–water partition coefficient (Wildman–Crippen LogP) is 3.33. The molecule has 0 atom stereocenters. The van der Waals surface area contributed by atoms with Gasteiger partial charge in [0.25, 0.3) is 5.91 Å². The molecule has 0 spiro atoms. The summed E-state index contributed by atoms with van der Waals surface area (Å²) in [5, 5.41) is 3.51. The summed E-state index contributed by atoms with van der Waals surface area (Å²) < 4.78 is 20.5. The van der Waals surface area contributed by atoms with Crippen LogP contribution in [0.2, 0.25) is 0 Å². The molecule has 1 aromatic rings. The van der Waals surface area contributed by atoms with Crippen molar-refractivity contribution in [3.63, 3.8) is 0 Å². The number of amides is 2. The van der Waals surface area contributed by atoms with Gasteiger partial charge in [0, 0.05) is 0 Å². The number of ether oxygens (including phenoxy) is 4. The molecule has 0 saturated heterocycles. The van der Waals surface area contributed by atoms with E-state index in [-0.39, 0.29) is 23.6 Å². The van der Waals surface area contributed by atoms with Gasteiger partial charge in [0.15, 0.2) is 0 Å². The van der Waals surface area contributed by atoms with E-state index in [1.807, 2.05) is 0 Å². The van der Waals surface area contributed by atoms with E-state index in [0.29, 0.717) is 11.4 Å². The van der Waals surface area contributed by atoms with Crippen LogP contribution >= 0.6 is 0 Å². The van der Waals surface area contributed by atoms with Crippen molar-refractivity contribution in [3.05, 3.63) is 47.9 Å². The predicted molar refractivity (Wildman–Crippen MR) is 112 cm³/mol. The number of hydrazine groups is 1. The summed E-state index contributed by atoms with van der Waals surface area (Å²) in [5.41, 5.74) is 3.21. The van der Waals surface area contributed by atoms with Gasteiger partial charge in [0.2, 0.25) is 0 Å². The molecule has 0 aromatic heterocycles. The highest BCUT2D eigenvalue weighted by Gasteiger charge is 2.34. The van der Waals surface area contributed by atoms with E-state index in [0.717, 1.165) is 5.01 Å². The first-order valence-corrected chi connectivity index (χ1v) is 9.62. The van der Waals surface area contributed by atoms with E-state index >= 15 is 0 Å². The molecular formula is C21H27N3O7. The van der Waals surface area contributed by atoms with Gasteiger partial charge in [0.05, 0.1) is 37.2 Å². The van der Waals surface area contributed by atoms with Crippen LogP contribution in [0.5, 0.6) is 5.75 Å². The Bertz CT molecular complexity index is 875. The maximum Gasteiger partial charge on any atom is 0.513 e. The summed E-state index contributed by atoms with van der Waals surface area (Å²) in [5.74, 6) is 0.0497. The highest BCUT2D eigenvalue weighted by Crippen LogP contribution is 2.25. The van der Waals surface area contributed by atoms with Crippen LogP contribution < -0.4 is 15.5 Å². The molecular weight excluding hydrogens is 406 g/mol. The van der Waals surface area contributed by atoms with Crippen molar-refractivity contribution in [2.75, 3.05) is 19.1 Å². The van der Waals surface area contributed by atoms with Gasteiger partial charge in [-0.3, -0.25) is 10.2 Å². The van der Waals surface area contributed by atoms with Crippen LogP contribution in [0.25, 0.3) is 0 Å². The molecule has 168 valence electrons. The number of rotatable bonds is 8. The molecule has 2 amide bonds. The first kappa shape index (κ1) is 23.6. The zero-order valence-corrected chi connectivity index (χ0v) is 18.2. The van der Waals surface area contributed by atoms with Gasteiger partial charge in [-0.15, -0.1) is 0 Å². The summed E-state index contributed by atoms with van der Waals surface area (Å²) >= 11 is 0. The largest absolute Gasteiger partial charge is 0.513 e. The third kappa shape index (κ3) is 6.39. The van der Waals surface area contributed by atoms with Gasteiger partial charge in [-0.05, 0) is 52.0 Å². The average Bonchev–Trinajstić information content (AvgIpc) is 3.04. The number of hydrogen-bond acceptors (Lipinski definition) is 8. The molecule has 10 heteroatoms. The number of nitrogens with one attached hydrogen (secondary N) is 2. The van der Waals surface area contributed by atoms with Gasteiger partial charge in [0.1, 0.15) is 17.1 Å². The van der Waals surface area contributed by atoms with Crippen LogP contribution in [0.3, 0.4) is 0 Å². The lowest BCUT2D eigenvalue weighted by Crippen LogP contribution is -2.38. The molecule has 31 heavy (non-hydrogen) atoms. The third-order valence-corrected chi connectivity index (χ3v) is 3.86. The topological polar surface area (TPSA) is 115 Å². The Balaban J connectivity index is 2.34. The average molecular weight is 433 g/mol. The summed E-state index contributed by atoms with van der Waals surface area (Å²) in [6.07, 6.45) is -2.60. The first-order valence-electron chi connectivity index (χ1n) is 9.62. The smallest absolute Gasteiger partial charge is 0.497 e. The fourth-order valence-electron chi connectivity index (χ4n) is 2.54. The first-order chi connectivity index (χ1) is 14.6. The van der Waals surface area contributed by atoms with Gasteiger partial charge < -0.3 is 24.3 Å². The minimum Gasteiger partial charge on any atom is -0.497 e. The number of nitrogens with zero attached hydrogens (tertiary/aromatic N) is 1. The fourth-order valence-corrected chi connectivity index (χ4v) is 2.54. The van der Waals surface area contributed by atoms with E-state index in [1.54, 1.807) is 52.0 Å². The zero-order chi connectivity index (χ0) is 23.1. The lowest BCUT2D eigenvalue weighted by molar-refractivity contribution is -0.116. The second-order valence-corrected chi connectivity index (χ2v) is 7.05. The van der Waals surface area contributed by atoms with Crippen LogP contribution in [0.4, 0.5) is 15.3 Å². The van der Waals surface area contributed by atoms with Crippen molar-refractivity contribution in [1.82, 2.24) is 10.3 Å². The van der Waals surface area contributed by atoms with E-state index in [4.69, 9.17) is 18.9 Å². The number of hydrogen-bond donors (Lipinski definition) is 2. The molecule has 0 bridgehead atoms. The molecule has 2 rings (SSSR count). The Kier molecular flexibility index (Phi) is 7.89. The summed E-state index contributed by atoms with van der Waals surface area (Å²) in [7, 11) is 1.54. The number of benzene rings is 1. The molecule has 1 aliphatic rings. The quantitative estimate of drug-likeness (QED) is 0.474. The second kappa shape index (κ2) is 10.4. The van der Waals surface area contributed by atoms with Crippen molar-refractivity contribution < 1.29 is 33.3 Å². The second-order valence-electron chi connectivity index (χ2n) is 7.05. The van der Waals surface area contributed by atoms with E-state index in [1.165, 1.54) is 7.11 Å².